The van der Waals surface area contributed by atoms with Gasteiger partial charge >= 0.3 is 5.97 Å². The minimum atomic E-state index is -0.586. The molecule has 2 aromatic carbocycles. The van der Waals surface area contributed by atoms with Gasteiger partial charge in [-0.05, 0) is 68.3 Å². The van der Waals surface area contributed by atoms with E-state index in [0.29, 0.717) is 18.0 Å². The van der Waals surface area contributed by atoms with E-state index >= 15 is 0 Å². The summed E-state index contributed by atoms with van der Waals surface area (Å²) in [7, 11) is 0. The van der Waals surface area contributed by atoms with Crippen LogP contribution in [0.3, 0.4) is 0 Å². The van der Waals surface area contributed by atoms with Gasteiger partial charge in [-0.2, -0.15) is 0 Å². The van der Waals surface area contributed by atoms with Gasteiger partial charge in [-0.25, -0.2) is 0 Å². The van der Waals surface area contributed by atoms with Crippen molar-refractivity contribution in [3.05, 3.63) is 53.6 Å². The first-order valence-corrected chi connectivity index (χ1v) is 9.94. The number of amides is 2. The van der Waals surface area contributed by atoms with Crippen molar-refractivity contribution in [2.75, 3.05) is 30.0 Å². The second-order valence-electron chi connectivity index (χ2n) is 7.29. The number of benzene rings is 2. The number of aryl methyl sites for hydroxylation is 2. The number of carbonyl (C=O) groups excluding carboxylic acids is 3. The van der Waals surface area contributed by atoms with E-state index in [1.165, 1.54) is 0 Å². The number of esters is 1. The summed E-state index contributed by atoms with van der Waals surface area (Å²) in [6, 6.07) is 12.7. The molecule has 7 heteroatoms. The van der Waals surface area contributed by atoms with Crippen molar-refractivity contribution in [3.8, 4) is 5.75 Å². The Hall–Kier alpha value is -3.35. The van der Waals surface area contributed by atoms with E-state index in [-0.39, 0.29) is 18.9 Å². The molecule has 0 saturated carbocycles. The van der Waals surface area contributed by atoms with Gasteiger partial charge in [0.1, 0.15) is 5.75 Å². The molecular formula is C23H26N2O5. The standard InChI is InChI=1S/C23H26N2O5/c1-4-29-20-9-6-18(7-10-20)24-21(26)14-30-23(28)17-12-22(27)25(13-17)19-8-5-15(2)16(3)11-19/h5-11,17H,4,12-14H2,1-3H3,(H,24,26). The second-order valence-corrected chi connectivity index (χ2v) is 7.29. The van der Waals surface area contributed by atoms with Crippen LogP contribution < -0.4 is 15.0 Å². The fourth-order valence-corrected chi connectivity index (χ4v) is 3.26. The van der Waals surface area contributed by atoms with Crippen molar-refractivity contribution < 1.29 is 23.9 Å². The first-order valence-electron chi connectivity index (χ1n) is 9.94. The summed E-state index contributed by atoms with van der Waals surface area (Å²) < 4.78 is 10.5. The van der Waals surface area contributed by atoms with Crippen molar-refractivity contribution in [2.24, 2.45) is 5.92 Å². The second kappa shape index (κ2) is 9.43. The fraction of sp³-hybridized carbons (Fsp3) is 0.348. The quantitative estimate of drug-likeness (QED) is 0.709. The third kappa shape index (κ3) is 5.17. The number of carbonyl (C=O) groups is 3. The van der Waals surface area contributed by atoms with E-state index in [4.69, 9.17) is 9.47 Å². The van der Waals surface area contributed by atoms with E-state index < -0.39 is 24.4 Å². The van der Waals surface area contributed by atoms with Gasteiger partial charge in [0.05, 0.1) is 12.5 Å². The Morgan fingerprint density at radius 3 is 2.50 bits per heavy atom. The first kappa shape index (κ1) is 21.4. The molecule has 30 heavy (non-hydrogen) atoms. The molecule has 1 atom stereocenters. The summed E-state index contributed by atoms with van der Waals surface area (Å²) in [4.78, 5) is 38.4. The predicted molar refractivity (Wildman–Crippen MR) is 114 cm³/mol. The van der Waals surface area contributed by atoms with Crippen LogP contribution in [-0.2, 0) is 19.1 Å². The molecule has 1 N–H and O–H groups in total. The van der Waals surface area contributed by atoms with Gasteiger partial charge < -0.3 is 19.7 Å². The van der Waals surface area contributed by atoms with Gasteiger partial charge in [0, 0.05) is 24.3 Å². The molecule has 2 aromatic rings. The smallest absolute Gasteiger partial charge is 0.311 e. The van der Waals surface area contributed by atoms with Gasteiger partial charge in [-0.3, -0.25) is 14.4 Å². The number of nitrogens with one attached hydrogen (secondary N) is 1. The predicted octanol–water partition coefficient (Wildman–Crippen LogP) is 3.24. The highest BCUT2D eigenvalue weighted by Crippen LogP contribution is 2.27. The summed E-state index contributed by atoms with van der Waals surface area (Å²) >= 11 is 0. The molecule has 1 aliphatic rings. The topological polar surface area (TPSA) is 84.9 Å². The number of rotatable bonds is 7. The molecule has 0 spiro atoms. The molecule has 2 amide bonds. The Balaban J connectivity index is 1.50. The van der Waals surface area contributed by atoms with E-state index in [2.05, 4.69) is 5.32 Å². The number of hydrogen-bond acceptors (Lipinski definition) is 5. The minimum absolute atomic E-state index is 0.0757. The number of anilines is 2. The lowest BCUT2D eigenvalue weighted by Crippen LogP contribution is -2.28. The van der Waals surface area contributed by atoms with Gasteiger partial charge in [-0.15, -0.1) is 0 Å². The average Bonchev–Trinajstić information content (AvgIpc) is 3.12. The Bertz CT molecular complexity index is 939. The highest BCUT2D eigenvalue weighted by molar-refractivity contribution is 6.00. The lowest BCUT2D eigenvalue weighted by Gasteiger charge is -2.17. The van der Waals surface area contributed by atoms with E-state index in [0.717, 1.165) is 16.8 Å². The summed E-state index contributed by atoms with van der Waals surface area (Å²) in [6.45, 7) is 6.29. The van der Waals surface area contributed by atoms with Crippen LogP contribution in [0, 0.1) is 19.8 Å². The zero-order chi connectivity index (χ0) is 21.7. The zero-order valence-corrected chi connectivity index (χ0v) is 17.4. The minimum Gasteiger partial charge on any atom is -0.494 e. The number of hydrogen-bond donors (Lipinski definition) is 1. The Morgan fingerprint density at radius 1 is 1.10 bits per heavy atom. The highest BCUT2D eigenvalue weighted by atomic mass is 16.5. The normalized spacial score (nSPS) is 15.8. The lowest BCUT2D eigenvalue weighted by atomic mass is 10.1. The Morgan fingerprint density at radius 2 is 1.83 bits per heavy atom. The molecule has 1 saturated heterocycles. The highest BCUT2D eigenvalue weighted by Gasteiger charge is 2.36. The molecule has 0 radical (unpaired) electrons. The molecule has 1 aliphatic heterocycles. The van der Waals surface area contributed by atoms with Gasteiger partial charge in [-0.1, -0.05) is 6.07 Å². The van der Waals surface area contributed by atoms with Crippen LogP contribution in [0.1, 0.15) is 24.5 Å². The zero-order valence-electron chi connectivity index (χ0n) is 17.4. The molecule has 3 rings (SSSR count). The molecule has 0 bridgehead atoms. The largest absolute Gasteiger partial charge is 0.494 e. The maximum absolute atomic E-state index is 12.4. The monoisotopic (exact) mass is 410 g/mol. The maximum Gasteiger partial charge on any atom is 0.311 e. The van der Waals surface area contributed by atoms with Crippen molar-refractivity contribution in [1.29, 1.82) is 0 Å². The van der Waals surface area contributed by atoms with Crippen molar-refractivity contribution >= 4 is 29.2 Å². The molecule has 0 aromatic heterocycles. The molecule has 1 fully saturated rings. The molecular weight excluding hydrogens is 384 g/mol. The van der Waals surface area contributed by atoms with Crippen LogP contribution in [0.15, 0.2) is 42.5 Å². The molecule has 7 nitrogen and oxygen atoms in total. The van der Waals surface area contributed by atoms with Crippen LogP contribution in [-0.4, -0.2) is 37.5 Å². The summed E-state index contributed by atoms with van der Waals surface area (Å²) in [5.41, 5.74) is 3.57. The summed E-state index contributed by atoms with van der Waals surface area (Å²) in [6.07, 6.45) is 0.0757. The van der Waals surface area contributed by atoms with Crippen LogP contribution in [0.25, 0.3) is 0 Å². The molecule has 0 aliphatic carbocycles. The van der Waals surface area contributed by atoms with Gasteiger partial charge in [0.15, 0.2) is 6.61 Å². The summed E-state index contributed by atoms with van der Waals surface area (Å²) in [5, 5.41) is 2.66. The van der Waals surface area contributed by atoms with E-state index in [1.807, 2.05) is 39.0 Å². The third-order valence-electron chi connectivity index (χ3n) is 5.06. The number of ether oxygens (including phenoxy) is 2. The van der Waals surface area contributed by atoms with Crippen molar-refractivity contribution in [1.82, 2.24) is 0 Å². The van der Waals surface area contributed by atoms with E-state index in [9.17, 15) is 14.4 Å². The maximum atomic E-state index is 12.4. The van der Waals surface area contributed by atoms with Crippen LogP contribution in [0.5, 0.6) is 5.75 Å². The van der Waals surface area contributed by atoms with Gasteiger partial charge in [0.2, 0.25) is 5.91 Å². The molecule has 158 valence electrons. The lowest BCUT2D eigenvalue weighted by molar-refractivity contribution is -0.151. The van der Waals surface area contributed by atoms with Gasteiger partial charge in [0.25, 0.3) is 5.91 Å². The molecule has 1 heterocycles. The Labute approximate surface area is 176 Å². The third-order valence-corrected chi connectivity index (χ3v) is 5.06. The van der Waals surface area contributed by atoms with Crippen molar-refractivity contribution in [3.63, 3.8) is 0 Å². The SMILES string of the molecule is CCOc1ccc(NC(=O)COC(=O)C2CC(=O)N(c3ccc(C)c(C)c3)C2)cc1. The Kier molecular flexibility index (Phi) is 6.72. The number of nitrogens with zero attached hydrogens (tertiary/aromatic N) is 1. The van der Waals surface area contributed by atoms with Crippen LogP contribution >= 0.6 is 0 Å². The fourth-order valence-electron chi connectivity index (χ4n) is 3.26. The summed E-state index contributed by atoms with van der Waals surface area (Å²) in [5.74, 6) is -0.989. The first-order chi connectivity index (χ1) is 14.4. The van der Waals surface area contributed by atoms with Crippen molar-refractivity contribution in [2.45, 2.75) is 27.2 Å². The molecule has 1 unspecified atom stereocenters. The van der Waals surface area contributed by atoms with Crippen LogP contribution in [0.4, 0.5) is 11.4 Å². The van der Waals surface area contributed by atoms with Crippen LogP contribution in [0.2, 0.25) is 0 Å². The average molecular weight is 410 g/mol. The van der Waals surface area contributed by atoms with E-state index in [1.54, 1.807) is 29.2 Å².